The van der Waals surface area contributed by atoms with Crippen LogP contribution in [0.1, 0.15) is 36.1 Å². The van der Waals surface area contributed by atoms with Gasteiger partial charge in [0.2, 0.25) is 0 Å². The van der Waals surface area contributed by atoms with Crippen LogP contribution < -0.4 is 4.90 Å². The summed E-state index contributed by atoms with van der Waals surface area (Å²) < 4.78 is 5.10. The lowest BCUT2D eigenvalue weighted by Gasteiger charge is -2.25. The molecule has 0 fully saturated rings. The van der Waals surface area contributed by atoms with Gasteiger partial charge in [0.15, 0.2) is 10.9 Å². The maximum Gasteiger partial charge on any atom is 0.186 e. The second kappa shape index (κ2) is 6.12. The molecule has 4 nitrogen and oxygen atoms in total. The largest absolute Gasteiger partial charge is 0.383 e. The Labute approximate surface area is 107 Å². The summed E-state index contributed by atoms with van der Waals surface area (Å²) in [6, 6.07) is 0.343. The first-order chi connectivity index (χ1) is 7.97. The lowest BCUT2D eigenvalue weighted by Crippen LogP contribution is -2.33. The monoisotopic (exact) mass is 256 g/mol. The Kier molecular flexibility index (Phi) is 5.08. The molecule has 0 aliphatic heterocycles. The van der Waals surface area contributed by atoms with Gasteiger partial charge in [-0.15, -0.1) is 0 Å². The van der Waals surface area contributed by atoms with Crippen molar-refractivity contribution in [2.24, 2.45) is 0 Å². The summed E-state index contributed by atoms with van der Waals surface area (Å²) in [5.74, 6) is 0.0849. The average molecular weight is 256 g/mol. The second-order valence-electron chi connectivity index (χ2n) is 4.25. The van der Waals surface area contributed by atoms with E-state index in [0.29, 0.717) is 12.6 Å². The van der Waals surface area contributed by atoms with Gasteiger partial charge in [-0.25, -0.2) is 4.98 Å². The minimum absolute atomic E-state index is 0.0849. The third-order valence-corrected chi connectivity index (χ3v) is 3.81. The highest BCUT2D eigenvalue weighted by Crippen LogP contribution is 2.27. The first kappa shape index (κ1) is 14.1. The molecule has 0 aromatic carbocycles. The third kappa shape index (κ3) is 3.51. The molecule has 0 amide bonds. The Hall–Kier alpha value is -0.940. The predicted molar refractivity (Wildman–Crippen MR) is 71.2 cm³/mol. The van der Waals surface area contributed by atoms with Gasteiger partial charge < -0.3 is 9.64 Å². The van der Waals surface area contributed by atoms with E-state index in [9.17, 15) is 4.79 Å². The van der Waals surface area contributed by atoms with E-state index in [1.165, 1.54) is 11.3 Å². The van der Waals surface area contributed by atoms with E-state index in [-0.39, 0.29) is 5.78 Å². The van der Waals surface area contributed by atoms with Crippen molar-refractivity contribution in [1.29, 1.82) is 0 Å². The number of ether oxygens (including phenoxy) is 1. The smallest absolute Gasteiger partial charge is 0.186 e. The zero-order chi connectivity index (χ0) is 13.0. The van der Waals surface area contributed by atoms with Crippen molar-refractivity contribution >= 4 is 22.3 Å². The van der Waals surface area contributed by atoms with Crippen molar-refractivity contribution in [3.63, 3.8) is 0 Å². The molecule has 1 heterocycles. The van der Waals surface area contributed by atoms with Crippen molar-refractivity contribution in [1.82, 2.24) is 4.98 Å². The number of aromatic nitrogens is 1. The number of ketones is 1. The van der Waals surface area contributed by atoms with Crippen molar-refractivity contribution in [3.05, 3.63) is 10.6 Å². The fourth-order valence-electron chi connectivity index (χ4n) is 1.60. The third-order valence-electron chi connectivity index (χ3n) is 2.51. The summed E-state index contributed by atoms with van der Waals surface area (Å²) in [7, 11) is 1.69. The molecule has 0 atom stereocenters. The van der Waals surface area contributed by atoms with E-state index in [2.05, 4.69) is 23.7 Å². The van der Waals surface area contributed by atoms with Gasteiger partial charge in [0, 0.05) is 26.6 Å². The highest BCUT2D eigenvalue weighted by Gasteiger charge is 2.18. The maximum absolute atomic E-state index is 11.4. The van der Waals surface area contributed by atoms with Gasteiger partial charge in [-0.2, -0.15) is 0 Å². The summed E-state index contributed by atoms with van der Waals surface area (Å²) in [5.41, 5.74) is 0.820. The summed E-state index contributed by atoms with van der Waals surface area (Å²) in [6.45, 7) is 9.13. The summed E-state index contributed by atoms with van der Waals surface area (Å²) in [6.07, 6.45) is 0. The molecule has 5 heteroatoms. The number of carbonyl (C=O) groups is 1. The van der Waals surface area contributed by atoms with Crippen LogP contribution >= 0.6 is 11.3 Å². The molecule has 0 saturated heterocycles. The number of anilines is 1. The van der Waals surface area contributed by atoms with E-state index < -0.39 is 0 Å². The lowest BCUT2D eigenvalue weighted by molar-refractivity contribution is 0.102. The van der Waals surface area contributed by atoms with Gasteiger partial charge in [-0.1, -0.05) is 11.3 Å². The number of carbonyl (C=O) groups excluding carboxylic acids is 1. The Bertz CT molecular complexity index is 388. The number of rotatable bonds is 6. The molecule has 0 bridgehead atoms. The molecule has 0 spiro atoms. The quantitative estimate of drug-likeness (QED) is 0.733. The lowest BCUT2D eigenvalue weighted by atomic mass is 10.3. The zero-order valence-electron chi connectivity index (χ0n) is 11.1. The maximum atomic E-state index is 11.4. The number of hydrogen-bond acceptors (Lipinski definition) is 5. The number of aryl methyl sites for hydroxylation is 1. The molecule has 96 valence electrons. The molecular weight excluding hydrogens is 236 g/mol. The highest BCUT2D eigenvalue weighted by molar-refractivity contribution is 7.17. The van der Waals surface area contributed by atoms with E-state index >= 15 is 0 Å². The van der Waals surface area contributed by atoms with Crippen LogP contribution in [0, 0.1) is 6.92 Å². The Balaban J connectivity index is 2.94. The van der Waals surface area contributed by atoms with Crippen LogP contribution in [0.25, 0.3) is 0 Å². The summed E-state index contributed by atoms with van der Waals surface area (Å²) >= 11 is 1.46. The highest BCUT2D eigenvalue weighted by atomic mass is 32.1. The number of thiazole rings is 1. The Morgan fingerprint density at radius 2 is 2.18 bits per heavy atom. The van der Waals surface area contributed by atoms with E-state index in [0.717, 1.165) is 22.2 Å². The van der Waals surface area contributed by atoms with E-state index in [4.69, 9.17) is 4.74 Å². The van der Waals surface area contributed by atoms with Crippen LogP contribution in [0.2, 0.25) is 0 Å². The number of nitrogens with zero attached hydrogens (tertiary/aromatic N) is 2. The molecular formula is C12H20N2O2S. The second-order valence-corrected chi connectivity index (χ2v) is 5.22. The van der Waals surface area contributed by atoms with Crippen LogP contribution in [0.3, 0.4) is 0 Å². The molecule has 0 aliphatic rings. The Morgan fingerprint density at radius 1 is 1.53 bits per heavy atom. The van der Waals surface area contributed by atoms with E-state index in [1.54, 1.807) is 14.0 Å². The van der Waals surface area contributed by atoms with Gasteiger partial charge in [0.25, 0.3) is 0 Å². The van der Waals surface area contributed by atoms with E-state index in [1.807, 2.05) is 6.92 Å². The molecule has 1 rings (SSSR count). The summed E-state index contributed by atoms with van der Waals surface area (Å²) in [5, 5.41) is 0.903. The van der Waals surface area contributed by atoms with Crippen molar-refractivity contribution < 1.29 is 9.53 Å². The van der Waals surface area contributed by atoms with Crippen molar-refractivity contribution in [3.8, 4) is 0 Å². The number of hydrogen-bond donors (Lipinski definition) is 0. The van der Waals surface area contributed by atoms with Gasteiger partial charge >= 0.3 is 0 Å². The number of Topliss-reactive ketones (excluding diaryl/α,β-unsaturated/α-hetero) is 1. The van der Waals surface area contributed by atoms with Gasteiger partial charge in [0.05, 0.1) is 17.2 Å². The van der Waals surface area contributed by atoms with Crippen molar-refractivity contribution in [2.75, 3.05) is 25.2 Å². The minimum Gasteiger partial charge on any atom is -0.383 e. The normalized spacial score (nSPS) is 10.9. The van der Waals surface area contributed by atoms with Gasteiger partial charge in [-0.05, 0) is 20.8 Å². The summed E-state index contributed by atoms with van der Waals surface area (Å²) in [4.78, 5) is 18.8. The predicted octanol–water partition coefficient (Wildman–Crippen LogP) is 2.52. The molecule has 0 unspecified atom stereocenters. The fraction of sp³-hybridized carbons (Fsp3) is 0.667. The SMILES string of the molecule is COCCN(c1nc(C)c(C(C)=O)s1)C(C)C. The van der Waals surface area contributed by atoms with Gasteiger partial charge in [0.1, 0.15) is 0 Å². The van der Waals surface area contributed by atoms with Crippen LogP contribution in [-0.4, -0.2) is 37.1 Å². The van der Waals surface area contributed by atoms with Gasteiger partial charge in [-0.3, -0.25) is 4.79 Å². The zero-order valence-corrected chi connectivity index (χ0v) is 11.9. The average Bonchev–Trinajstić information content (AvgIpc) is 2.60. The van der Waals surface area contributed by atoms with Crippen molar-refractivity contribution in [2.45, 2.75) is 33.7 Å². The van der Waals surface area contributed by atoms with Crippen LogP contribution in [0.15, 0.2) is 0 Å². The molecule has 0 aliphatic carbocycles. The standard InChI is InChI=1S/C12H20N2O2S/c1-8(2)14(6-7-16-5)12-13-9(3)11(17-12)10(4)15/h8H,6-7H2,1-5H3. The fourth-order valence-corrected chi connectivity index (χ4v) is 2.72. The molecule has 17 heavy (non-hydrogen) atoms. The number of methoxy groups -OCH3 is 1. The molecule has 0 N–H and O–H groups in total. The van der Waals surface area contributed by atoms with Crippen LogP contribution in [0.5, 0.6) is 0 Å². The molecule has 0 saturated carbocycles. The molecule has 1 aromatic heterocycles. The minimum atomic E-state index is 0.0849. The first-order valence-electron chi connectivity index (χ1n) is 5.71. The van der Waals surface area contributed by atoms with Crippen LogP contribution in [0.4, 0.5) is 5.13 Å². The van der Waals surface area contributed by atoms with Crippen LogP contribution in [-0.2, 0) is 4.74 Å². The molecule has 1 aromatic rings. The topological polar surface area (TPSA) is 42.4 Å². The first-order valence-corrected chi connectivity index (χ1v) is 6.53. The molecule has 0 radical (unpaired) electrons. The Morgan fingerprint density at radius 3 is 2.59 bits per heavy atom.